The van der Waals surface area contributed by atoms with Crippen molar-refractivity contribution in [3.8, 4) is 0 Å². The fraction of sp³-hybridized carbons (Fsp3) is 0.727. The van der Waals surface area contributed by atoms with Crippen LogP contribution in [0.4, 0.5) is 57.1 Å². The molecule has 0 unspecified atom stereocenters. The van der Waals surface area contributed by atoms with Gasteiger partial charge in [0.1, 0.15) is 0 Å². The standard InChI is InChI=1S/C11H6ClF13O/c1-4(5(12)26)2-3-6(13,14)7(15,16)8(17,18)9(19,20)10(21,22)11(23,24)25/h1-3H2. The Bertz CT molecular complexity index is 563. The van der Waals surface area contributed by atoms with E-state index in [0.717, 1.165) is 0 Å². The molecule has 0 fully saturated rings. The van der Waals surface area contributed by atoms with Gasteiger partial charge in [0.15, 0.2) is 0 Å². The van der Waals surface area contributed by atoms with Crippen LogP contribution in [-0.2, 0) is 4.79 Å². The molecule has 0 bridgehead atoms. The number of allylic oxidation sites excluding steroid dienone is 1. The molecule has 0 heterocycles. The quantitative estimate of drug-likeness (QED) is 0.266. The van der Waals surface area contributed by atoms with Crippen molar-refractivity contribution < 1.29 is 61.9 Å². The van der Waals surface area contributed by atoms with E-state index in [1.807, 2.05) is 0 Å². The normalized spacial score (nSPS) is 15.2. The van der Waals surface area contributed by atoms with Gasteiger partial charge in [0.05, 0.1) is 0 Å². The first kappa shape index (κ1) is 24.8. The van der Waals surface area contributed by atoms with E-state index in [2.05, 4.69) is 18.2 Å². The Kier molecular flexibility index (Phi) is 6.43. The van der Waals surface area contributed by atoms with E-state index in [4.69, 9.17) is 0 Å². The van der Waals surface area contributed by atoms with Crippen molar-refractivity contribution in [1.82, 2.24) is 0 Å². The maximum absolute atomic E-state index is 13.3. The van der Waals surface area contributed by atoms with E-state index < -0.39 is 59.4 Å². The smallest absolute Gasteiger partial charge is 0.276 e. The molecule has 0 aromatic carbocycles. The van der Waals surface area contributed by atoms with Crippen molar-refractivity contribution in [2.24, 2.45) is 0 Å². The second kappa shape index (κ2) is 6.75. The van der Waals surface area contributed by atoms with Crippen molar-refractivity contribution in [2.75, 3.05) is 0 Å². The Labute approximate surface area is 140 Å². The van der Waals surface area contributed by atoms with Gasteiger partial charge in [0.2, 0.25) is 5.24 Å². The Morgan fingerprint density at radius 1 is 0.692 bits per heavy atom. The maximum atomic E-state index is 13.3. The summed E-state index contributed by atoms with van der Waals surface area (Å²) in [5, 5.41) is -1.59. The number of carbonyl (C=O) groups excluding carboxylic acids is 1. The second-order valence-corrected chi connectivity index (χ2v) is 5.22. The maximum Gasteiger partial charge on any atom is 0.460 e. The molecule has 0 aliphatic rings. The minimum absolute atomic E-state index is 1.06. The highest BCUT2D eigenvalue weighted by molar-refractivity contribution is 6.67. The van der Waals surface area contributed by atoms with Crippen LogP contribution in [0.25, 0.3) is 0 Å². The summed E-state index contributed by atoms with van der Waals surface area (Å²) in [6, 6.07) is 0. The van der Waals surface area contributed by atoms with Crippen molar-refractivity contribution in [1.29, 1.82) is 0 Å². The molecule has 0 saturated carbocycles. The molecule has 0 aromatic heterocycles. The highest BCUT2D eigenvalue weighted by atomic mass is 35.5. The van der Waals surface area contributed by atoms with Crippen LogP contribution in [0.15, 0.2) is 12.2 Å². The first-order valence-corrected chi connectivity index (χ1v) is 6.29. The van der Waals surface area contributed by atoms with Crippen LogP contribution in [-0.4, -0.2) is 41.0 Å². The van der Waals surface area contributed by atoms with Crippen LogP contribution in [0.5, 0.6) is 0 Å². The first-order chi connectivity index (χ1) is 11.1. The number of carbonyl (C=O) groups is 1. The number of hydrogen-bond acceptors (Lipinski definition) is 1. The van der Waals surface area contributed by atoms with Crippen LogP contribution < -0.4 is 0 Å². The third kappa shape index (κ3) is 3.74. The second-order valence-electron chi connectivity index (χ2n) is 4.88. The molecule has 0 aliphatic carbocycles. The molecule has 0 aromatic rings. The summed E-state index contributed by atoms with van der Waals surface area (Å²) in [5.41, 5.74) is -1.06. The zero-order chi connectivity index (χ0) is 21.6. The molecule has 0 amide bonds. The van der Waals surface area contributed by atoms with Crippen LogP contribution in [0, 0.1) is 0 Å². The molecular weight excluding hydrogens is 431 g/mol. The number of halogens is 14. The highest BCUT2D eigenvalue weighted by Crippen LogP contribution is 2.60. The van der Waals surface area contributed by atoms with Crippen molar-refractivity contribution >= 4 is 16.8 Å². The summed E-state index contributed by atoms with van der Waals surface area (Å²) in [6.45, 7) is 2.66. The largest absolute Gasteiger partial charge is 0.460 e. The van der Waals surface area contributed by atoms with Crippen LogP contribution in [0.2, 0.25) is 0 Å². The topological polar surface area (TPSA) is 17.1 Å². The van der Waals surface area contributed by atoms with E-state index >= 15 is 0 Å². The third-order valence-electron chi connectivity index (χ3n) is 3.02. The molecule has 15 heteroatoms. The Hall–Kier alpha value is -1.21. The van der Waals surface area contributed by atoms with E-state index in [-0.39, 0.29) is 0 Å². The molecular formula is C11H6ClF13O. The van der Waals surface area contributed by atoms with E-state index in [0.29, 0.717) is 0 Å². The van der Waals surface area contributed by atoms with Crippen molar-refractivity contribution in [3.63, 3.8) is 0 Å². The molecule has 0 N–H and O–H groups in total. The Morgan fingerprint density at radius 3 is 1.35 bits per heavy atom. The van der Waals surface area contributed by atoms with E-state index in [9.17, 15) is 61.9 Å². The van der Waals surface area contributed by atoms with Crippen molar-refractivity contribution in [2.45, 2.75) is 48.6 Å². The lowest BCUT2D eigenvalue weighted by molar-refractivity contribution is -0.440. The fourth-order valence-corrected chi connectivity index (χ4v) is 1.46. The minimum Gasteiger partial charge on any atom is -0.276 e. The monoisotopic (exact) mass is 436 g/mol. The summed E-state index contributed by atoms with van der Waals surface area (Å²) in [7, 11) is 0. The molecule has 0 spiro atoms. The van der Waals surface area contributed by atoms with Gasteiger partial charge in [0.25, 0.3) is 0 Å². The first-order valence-electron chi connectivity index (χ1n) is 5.91. The zero-order valence-electron chi connectivity index (χ0n) is 11.8. The summed E-state index contributed by atoms with van der Waals surface area (Å²) in [6.07, 6.45) is -11.5. The Morgan fingerprint density at radius 2 is 1.04 bits per heavy atom. The van der Waals surface area contributed by atoms with Gasteiger partial charge in [0, 0.05) is 12.0 Å². The minimum atomic E-state index is -7.94. The van der Waals surface area contributed by atoms with Crippen LogP contribution >= 0.6 is 11.6 Å². The third-order valence-corrected chi connectivity index (χ3v) is 3.28. The summed E-state index contributed by atoms with van der Waals surface area (Å²) in [5.74, 6) is -37.2. The fourth-order valence-electron chi connectivity index (χ4n) is 1.37. The van der Waals surface area contributed by atoms with Gasteiger partial charge in [-0.3, -0.25) is 4.79 Å². The van der Waals surface area contributed by atoms with E-state index in [1.165, 1.54) is 0 Å². The van der Waals surface area contributed by atoms with E-state index in [1.54, 1.807) is 0 Å². The highest BCUT2D eigenvalue weighted by Gasteiger charge is 2.90. The van der Waals surface area contributed by atoms with Gasteiger partial charge in [-0.1, -0.05) is 6.58 Å². The van der Waals surface area contributed by atoms with Gasteiger partial charge in [-0.25, -0.2) is 0 Å². The number of hydrogen-bond donors (Lipinski definition) is 0. The van der Waals surface area contributed by atoms with Crippen LogP contribution in [0.1, 0.15) is 12.8 Å². The number of alkyl halides is 13. The predicted octanol–water partition coefficient (Wildman–Crippen LogP) is 5.83. The van der Waals surface area contributed by atoms with Gasteiger partial charge in [-0.05, 0) is 18.0 Å². The molecule has 0 saturated heterocycles. The molecule has 1 nitrogen and oxygen atoms in total. The van der Waals surface area contributed by atoms with Crippen LogP contribution in [0.3, 0.4) is 0 Å². The zero-order valence-corrected chi connectivity index (χ0v) is 12.6. The average molecular weight is 437 g/mol. The molecule has 0 atom stereocenters. The lowest BCUT2D eigenvalue weighted by Gasteiger charge is -2.39. The summed E-state index contributed by atoms with van der Waals surface area (Å²) >= 11 is 4.68. The molecule has 0 aliphatic heterocycles. The Balaban J connectivity index is 6.00. The SMILES string of the molecule is C=C(CCC(F)(F)C(F)(F)C(F)(F)C(F)(F)C(F)(F)C(F)(F)F)C(=O)Cl. The summed E-state index contributed by atoms with van der Waals surface area (Å²) < 4.78 is 166. The molecule has 0 radical (unpaired) electrons. The van der Waals surface area contributed by atoms with Crippen molar-refractivity contribution in [3.05, 3.63) is 12.2 Å². The lowest BCUT2D eigenvalue weighted by atomic mass is 9.91. The average Bonchev–Trinajstić information content (AvgIpc) is 2.42. The van der Waals surface area contributed by atoms with Gasteiger partial charge in [-0.15, -0.1) is 0 Å². The van der Waals surface area contributed by atoms with Gasteiger partial charge < -0.3 is 0 Å². The van der Waals surface area contributed by atoms with Gasteiger partial charge in [-0.2, -0.15) is 57.1 Å². The molecule has 26 heavy (non-hydrogen) atoms. The van der Waals surface area contributed by atoms with Gasteiger partial charge >= 0.3 is 35.8 Å². The molecule has 154 valence electrons. The lowest BCUT2D eigenvalue weighted by Crippen LogP contribution is -2.70. The predicted molar refractivity (Wildman–Crippen MR) is 60.0 cm³/mol. The number of rotatable bonds is 8. The molecule has 0 rings (SSSR count). The summed E-state index contributed by atoms with van der Waals surface area (Å²) in [4.78, 5) is 10.4.